The van der Waals surface area contributed by atoms with Gasteiger partial charge in [0.2, 0.25) is 5.95 Å². The van der Waals surface area contributed by atoms with E-state index in [2.05, 4.69) is 69.4 Å². The summed E-state index contributed by atoms with van der Waals surface area (Å²) in [6.45, 7) is 6.89. The van der Waals surface area contributed by atoms with Crippen molar-refractivity contribution in [1.29, 1.82) is 0 Å². The van der Waals surface area contributed by atoms with Gasteiger partial charge < -0.3 is 24.3 Å². The number of hydrogen-bond donors (Lipinski definition) is 1. The molecule has 34 heavy (non-hydrogen) atoms. The second-order valence-corrected chi connectivity index (χ2v) is 9.01. The predicted molar refractivity (Wildman–Crippen MR) is 134 cm³/mol. The van der Waals surface area contributed by atoms with Crippen molar-refractivity contribution in [3.05, 3.63) is 66.3 Å². The summed E-state index contributed by atoms with van der Waals surface area (Å²) in [5, 5.41) is 3.40. The zero-order valence-electron chi connectivity index (χ0n) is 19.9. The average Bonchev–Trinajstić information content (AvgIpc) is 3.31. The highest BCUT2D eigenvalue weighted by Crippen LogP contribution is 2.28. The molecule has 8 nitrogen and oxygen atoms in total. The maximum Gasteiger partial charge on any atom is 0.227 e. The van der Waals surface area contributed by atoms with E-state index in [4.69, 9.17) is 14.1 Å². The van der Waals surface area contributed by atoms with Gasteiger partial charge in [-0.2, -0.15) is 0 Å². The van der Waals surface area contributed by atoms with Crippen molar-refractivity contribution < 1.29 is 9.15 Å². The third-order valence-electron chi connectivity index (χ3n) is 6.27. The lowest BCUT2D eigenvalue weighted by Crippen LogP contribution is -2.45. The van der Waals surface area contributed by atoms with Crippen LogP contribution in [0.4, 0.5) is 17.3 Å². The molecule has 0 aliphatic carbocycles. The molecule has 0 amide bonds. The van der Waals surface area contributed by atoms with Crippen molar-refractivity contribution in [3.8, 4) is 11.3 Å². The van der Waals surface area contributed by atoms with E-state index < -0.39 is 0 Å². The summed E-state index contributed by atoms with van der Waals surface area (Å²) in [6.07, 6.45) is 7.71. The molecule has 1 N–H and O–H groups in total. The number of hydrogen-bond acceptors (Lipinski definition) is 8. The number of nitrogens with one attached hydrogen (secondary N) is 1. The minimum Gasteiger partial charge on any atom is -0.466 e. The molecule has 0 atom stereocenters. The van der Waals surface area contributed by atoms with Gasteiger partial charge in [-0.15, -0.1) is 0 Å². The molecule has 0 spiro atoms. The number of rotatable bonds is 1. The van der Waals surface area contributed by atoms with Crippen LogP contribution in [0.15, 0.2) is 59.4 Å². The van der Waals surface area contributed by atoms with Crippen LogP contribution in [0.25, 0.3) is 11.3 Å². The van der Waals surface area contributed by atoms with Crippen LogP contribution < -0.4 is 10.2 Å². The first-order valence-corrected chi connectivity index (χ1v) is 11.8. The normalized spacial score (nSPS) is 18.2. The fraction of sp³-hybridized carbons (Fsp3) is 0.385. The number of furan rings is 1. The SMILES string of the molecule is CN1CCN(c2ccc3cc2CN(C)CC=CCOCc2cc(co2)-c2ccnc(n2)N3)CC1. The summed E-state index contributed by atoms with van der Waals surface area (Å²) >= 11 is 0. The Kier molecular flexibility index (Phi) is 6.89. The van der Waals surface area contributed by atoms with Gasteiger partial charge in [-0.25, -0.2) is 9.97 Å². The molecule has 2 aliphatic heterocycles. The molecule has 3 aromatic rings. The van der Waals surface area contributed by atoms with Crippen LogP contribution in [-0.4, -0.2) is 73.2 Å². The molecular weight excluding hydrogens is 428 g/mol. The van der Waals surface area contributed by atoms with Gasteiger partial charge in [-0.05, 0) is 50.0 Å². The molecule has 1 saturated heterocycles. The van der Waals surface area contributed by atoms with Crippen LogP contribution in [0.2, 0.25) is 0 Å². The van der Waals surface area contributed by atoms with Gasteiger partial charge in [0, 0.05) is 62.4 Å². The minimum atomic E-state index is 0.426. The Morgan fingerprint density at radius 3 is 2.74 bits per heavy atom. The van der Waals surface area contributed by atoms with E-state index in [9.17, 15) is 0 Å². The molecule has 0 saturated carbocycles. The molecular formula is C26H32N6O2. The summed E-state index contributed by atoms with van der Waals surface area (Å²) < 4.78 is 11.4. The van der Waals surface area contributed by atoms with Gasteiger partial charge in [-0.1, -0.05) is 12.2 Å². The van der Waals surface area contributed by atoms with Gasteiger partial charge in [0.15, 0.2) is 0 Å². The number of anilines is 3. The standard InChI is InChI=1S/C26H32N6O2/c1-30-10-12-32(13-11-30)25-6-5-22-15-20(25)17-31(2)9-3-4-14-33-19-23-16-21(18-34-23)24-7-8-27-26(28-22)29-24/h3-8,15-16,18H,9-14,17,19H2,1-2H3,(H,27,28,29). The number of aromatic nitrogens is 2. The van der Waals surface area contributed by atoms with E-state index in [0.29, 0.717) is 19.2 Å². The smallest absolute Gasteiger partial charge is 0.227 e. The van der Waals surface area contributed by atoms with Crippen molar-refractivity contribution in [1.82, 2.24) is 19.8 Å². The van der Waals surface area contributed by atoms with E-state index in [1.54, 1.807) is 12.5 Å². The second kappa shape index (κ2) is 10.4. The highest BCUT2D eigenvalue weighted by Gasteiger charge is 2.18. The molecule has 178 valence electrons. The van der Waals surface area contributed by atoms with E-state index in [1.807, 2.05) is 12.1 Å². The van der Waals surface area contributed by atoms with Gasteiger partial charge >= 0.3 is 0 Å². The topological polar surface area (TPSA) is 69.9 Å². The summed E-state index contributed by atoms with van der Waals surface area (Å²) in [6, 6.07) is 10.4. The van der Waals surface area contributed by atoms with E-state index in [-0.39, 0.29) is 0 Å². The quantitative estimate of drug-likeness (QED) is 0.551. The Morgan fingerprint density at radius 1 is 0.971 bits per heavy atom. The number of likely N-dealkylation sites (N-methyl/N-ethyl adjacent to an activating group) is 2. The first-order chi connectivity index (χ1) is 16.6. The van der Waals surface area contributed by atoms with E-state index >= 15 is 0 Å². The van der Waals surface area contributed by atoms with E-state index in [1.165, 1.54) is 11.3 Å². The largest absolute Gasteiger partial charge is 0.466 e. The third kappa shape index (κ3) is 5.47. The minimum absolute atomic E-state index is 0.426. The molecule has 6 bridgehead atoms. The van der Waals surface area contributed by atoms with Gasteiger partial charge in [0.25, 0.3) is 0 Å². The molecule has 1 aromatic carbocycles. The lowest BCUT2D eigenvalue weighted by Gasteiger charge is -2.35. The Balaban J connectivity index is 1.47. The first-order valence-electron chi connectivity index (χ1n) is 11.8. The molecule has 0 radical (unpaired) electrons. The maximum absolute atomic E-state index is 5.75. The highest BCUT2D eigenvalue weighted by atomic mass is 16.5. The van der Waals surface area contributed by atoms with E-state index in [0.717, 1.165) is 62.0 Å². The zero-order valence-corrected chi connectivity index (χ0v) is 19.9. The third-order valence-corrected chi connectivity index (χ3v) is 6.27. The van der Waals surface area contributed by atoms with Gasteiger partial charge in [0.05, 0.1) is 12.3 Å². The van der Waals surface area contributed by atoms with Crippen LogP contribution in [-0.2, 0) is 17.9 Å². The molecule has 8 heteroatoms. The Labute approximate surface area is 200 Å². The molecule has 1 fully saturated rings. The fourth-order valence-electron chi connectivity index (χ4n) is 4.35. The van der Waals surface area contributed by atoms with Crippen LogP contribution in [0.3, 0.4) is 0 Å². The number of fused-ring (bicyclic) bond motifs is 7. The summed E-state index contributed by atoms with van der Waals surface area (Å²) in [7, 11) is 4.33. The Hall–Kier alpha value is -3.20. The van der Waals surface area contributed by atoms with Crippen molar-refractivity contribution in [2.75, 3.05) is 63.6 Å². The molecule has 0 unspecified atom stereocenters. The van der Waals surface area contributed by atoms with Crippen molar-refractivity contribution in [3.63, 3.8) is 0 Å². The number of benzene rings is 1. The lowest BCUT2D eigenvalue weighted by molar-refractivity contribution is 0.131. The maximum atomic E-state index is 5.75. The number of ether oxygens (including phenoxy) is 1. The highest BCUT2D eigenvalue weighted by molar-refractivity contribution is 5.66. The van der Waals surface area contributed by atoms with Crippen molar-refractivity contribution in [2.45, 2.75) is 13.2 Å². The number of piperazine rings is 1. The Bertz CT molecular complexity index is 1140. The first kappa shape index (κ1) is 22.6. The van der Waals surface area contributed by atoms with Crippen LogP contribution >= 0.6 is 0 Å². The van der Waals surface area contributed by atoms with Crippen molar-refractivity contribution in [2.24, 2.45) is 0 Å². The Morgan fingerprint density at radius 2 is 1.85 bits per heavy atom. The molecule has 2 aliphatic rings. The summed E-state index contributed by atoms with van der Waals surface area (Å²) in [5.74, 6) is 1.34. The van der Waals surface area contributed by atoms with Gasteiger partial charge in [0.1, 0.15) is 18.6 Å². The van der Waals surface area contributed by atoms with Crippen LogP contribution in [0.1, 0.15) is 11.3 Å². The average molecular weight is 461 g/mol. The molecule has 4 heterocycles. The van der Waals surface area contributed by atoms with Crippen LogP contribution in [0, 0.1) is 0 Å². The summed E-state index contributed by atoms with van der Waals surface area (Å²) in [4.78, 5) is 16.3. The molecule has 5 rings (SSSR count). The van der Waals surface area contributed by atoms with Gasteiger partial charge in [-0.3, -0.25) is 4.90 Å². The lowest BCUT2D eigenvalue weighted by atomic mass is 10.1. The van der Waals surface area contributed by atoms with Crippen molar-refractivity contribution >= 4 is 17.3 Å². The second-order valence-electron chi connectivity index (χ2n) is 9.01. The van der Waals surface area contributed by atoms with Crippen LogP contribution in [0.5, 0.6) is 0 Å². The monoisotopic (exact) mass is 460 g/mol. The number of nitrogens with zero attached hydrogens (tertiary/aromatic N) is 5. The molecule has 2 aromatic heterocycles. The zero-order chi connectivity index (χ0) is 23.3. The summed E-state index contributed by atoms with van der Waals surface area (Å²) in [5.41, 5.74) is 5.29. The fourth-order valence-corrected chi connectivity index (χ4v) is 4.35. The predicted octanol–water partition coefficient (Wildman–Crippen LogP) is 3.75.